The van der Waals surface area contributed by atoms with E-state index in [4.69, 9.17) is 0 Å². The molecule has 0 aromatic heterocycles. The maximum atomic E-state index is 12.3. The standard InChI is InChI=1S/C44H81NO3/c1-3-5-7-9-11-13-15-16-17-18-19-20-21-22-23-24-25-26-27-28-30-32-34-36-38-40-44(48)45-42(41-46)43(47)39-37-35-33-31-29-14-12-10-8-6-4-2/h19-20,22-23,29,31,37,39,42-43,46-47H,3-18,21,24-28,30,32-36,38,40-41H2,1-2H3,(H,45,48)/b20-19-,23-22-,31-29+,39-37+. The van der Waals surface area contributed by atoms with Crippen LogP contribution in [0.3, 0.4) is 0 Å². The minimum absolute atomic E-state index is 0.0810. The number of hydrogen-bond donors (Lipinski definition) is 3. The van der Waals surface area contributed by atoms with Crippen LogP contribution in [-0.2, 0) is 4.79 Å². The number of carbonyl (C=O) groups is 1. The van der Waals surface area contributed by atoms with Crippen LogP contribution in [-0.4, -0.2) is 34.9 Å². The lowest BCUT2D eigenvalue weighted by molar-refractivity contribution is -0.123. The predicted molar refractivity (Wildman–Crippen MR) is 211 cm³/mol. The third-order valence-corrected chi connectivity index (χ3v) is 9.28. The van der Waals surface area contributed by atoms with Gasteiger partial charge in [0.2, 0.25) is 5.91 Å². The molecule has 280 valence electrons. The SMILES string of the molecule is CCCCCCC/C=C/CC/C=C/C(O)C(CO)NC(=O)CCCCCCCCCCC/C=C\C/C=C\CCCCCCCCCCC. The summed E-state index contributed by atoms with van der Waals surface area (Å²) < 4.78 is 0. The fourth-order valence-electron chi connectivity index (χ4n) is 6.05. The molecule has 0 rings (SSSR count). The summed E-state index contributed by atoms with van der Waals surface area (Å²) in [6.45, 7) is 4.26. The molecule has 0 fully saturated rings. The van der Waals surface area contributed by atoms with E-state index in [0.717, 1.165) is 38.5 Å². The first-order chi connectivity index (χ1) is 23.7. The van der Waals surface area contributed by atoms with Crippen molar-refractivity contribution in [2.45, 2.75) is 219 Å². The lowest BCUT2D eigenvalue weighted by Gasteiger charge is -2.19. The van der Waals surface area contributed by atoms with E-state index in [1.165, 1.54) is 148 Å². The number of amides is 1. The van der Waals surface area contributed by atoms with Crippen molar-refractivity contribution in [3.8, 4) is 0 Å². The van der Waals surface area contributed by atoms with Gasteiger partial charge in [0.05, 0.1) is 18.8 Å². The molecular weight excluding hydrogens is 590 g/mol. The molecule has 0 aromatic carbocycles. The summed E-state index contributed by atoms with van der Waals surface area (Å²) in [5, 5.41) is 22.9. The van der Waals surface area contributed by atoms with Gasteiger partial charge in [0.15, 0.2) is 0 Å². The molecule has 48 heavy (non-hydrogen) atoms. The molecule has 0 bridgehead atoms. The van der Waals surface area contributed by atoms with Crippen LogP contribution in [0.1, 0.15) is 206 Å². The summed E-state index contributed by atoms with van der Waals surface area (Å²) in [5.74, 6) is -0.0810. The van der Waals surface area contributed by atoms with Gasteiger partial charge in [-0.1, -0.05) is 184 Å². The van der Waals surface area contributed by atoms with Gasteiger partial charge in [-0.15, -0.1) is 0 Å². The zero-order valence-electron chi connectivity index (χ0n) is 32.0. The molecule has 4 nitrogen and oxygen atoms in total. The van der Waals surface area contributed by atoms with Gasteiger partial charge in [0, 0.05) is 6.42 Å². The van der Waals surface area contributed by atoms with Crippen molar-refractivity contribution in [3.63, 3.8) is 0 Å². The van der Waals surface area contributed by atoms with Gasteiger partial charge in [0.25, 0.3) is 0 Å². The van der Waals surface area contributed by atoms with Crippen molar-refractivity contribution in [1.29, 1.82) is 0 Å². The Kier molecular flexibility index (Phi) is 38.4. The van der Waals surface area contributed by atoms with Crippen molar-refractivity contribution < 1.29 is 15.0 Å². The Hall–Kier alpha value is -1.65. The Bertz CT molecular complexity index is 771. The number of unbranched alkanes of at least 4 members (excludes halogenated alkanes) is 24. The first-order valence-corrected chi connectivity index (χ1v) is 20.9. The number of aliphatic hydroxyl groups is 2. The minimum atomic E-state index is -0.862. The largest absolute Gasteiger partial charge is 0.394 e. The number of rotatable bonds is 37. The Labute approximate surface area is 299 Å². The highest BCUT2D eigenvalue weighted by molar-refractivity contribution is 5.76. The maximum Gasteiger partial charge on any atom is 0.220 e. The average Bonchev–Trinajstić information content (AvgIpc) is 3.09. The molecule has 0 aromatic rings. The molecule has 0 aliphatic heterocycles. The number of aliphatic hydroxyl groups excluding tert-OH is 2. The second-order valence-corrected chi connectivity index (χ2v) is 14.0. The second-order valence-electron chi connectivity index (χ2n) is 14.0. The van der Waals surface area contributed by atoms with Crippen molar-refractivity contribution >= 4 is 5.91 Å². The summed E-state index contributed by atoms with van der Waals surface area (Å²) in [6, 6.07) is -0.640. The third-order valence-electron chi connectivity index (χ3n) is 9.28. The molecular formula is C44H81NO3. The Balaban J connectivity index is 3.58. The summed E-state index contributed by atoms with van der Waals surface area (Å²) in [6.07, 6.45) is 53.6. The van der Waals surface area contributed by atoms with E-state index < -0.39 is 12.1 Å². The van der Waals surface area contributed by atoms with Crippen molar-refractivity contribution in [3.05, 3.63) is 48.6 Å². The molecule has 0 spiro atoms. The molecule has 2 unspecified atom stereocenters. The zero-order chi connectivity index (χ0) is 35.0. The summed E-state index contributed by atoms with van der Waals surface area (Å²) in [7, 11) is 0. The lowest BCUT2D eigenvalue weighted by Crippen LogP contribution is -2.45. The van der Waals surface area contributed by atoms with Crippen LogP contribution in [0.2, 0.25) is 0 Å². The van der Waals surface area contributed by atoms with Crippen LogP contribution < -0.4 is 5.32 Å². The van der Waals surface area contributed by atoms with Gasteiger partial charge in [0.1, 0.15) is 0 Å². The fourth-order valence-corrected chi connectivity index (χ4v) is 6.05. The molecule has 0 heterocycles. The van der Waals surface area contributed by atoms with Crippen LogP contribution in [0.15, 0.2) is 48.6 Å². The van der Waals surface area contributed by atoms with Crippen molar-refractivity contribution in [2.75, 3.05) is 6.61 Å². The molecule has 3 N–H and O–H groups in total. The van der Waals surface area contributed by atoms with Gasteiger partial charge in [-0.2, -0.15) is 0 Å². The monoisotopic (exact) mass is 672 g/mol. The fraction of sp³-hybridized carbons (Fsp3) is 0.795. The van der Waals surface area contributed by atoms with Crippen LogP contribution >= 0.6 is 0 Å². The molecule has 0 saturated carbocycles. The van der Waals surface area contributed by atoms with Gasteiger partial charge in [-0.05, 0) is 64.2 Å². The van der Waals surface area contributed by atoms with Crippen molar-refractivity contribution in [1.82, 2.24) is 5.32 Å². The first-order valence-electron chi connectivity index (χ1n) is 20.9. The van der Waals surface area contributed by atoms with E-state index in [1.54, 1.807) is 6.08 Å². The summed E-state index contributed by atoms with van der Waals surface area (Å²) in [4.78, 5) is 12.3. The molecule has 1 amide bonds. The van der Waals surface area contributed by atoms with Gasteiger partial charge in [-0.3, -0.25) is 4.79 Å². The number of nitrogens with one attached hydrogen (secondary N) is 1. The molecule has 0 radical (unpaired) electrons. The highest BCUT2D eigenvalue weighted by atomic mass is 16.3. The van der Waals surface area contributed by atoms with E-state index in [0.29, 0.717) is 6.42 Å². The topological polar surface area (TPSA) is 69.6 Å². The van der Waals surface area contributed by atoms with E-state index in [2.05, 4.69) is 55.6 Å². The zero-order valence-corrected chi connectivity index (χ0v) is 32.0. The van der Waals surface area contributed by atoms with Gasteiger partial charge >= 0.3 is 0 Å². The molecule has 0 saturated heterocycles. The molecule has 4 heteroatoms. The number of allylic oxidation sites excluding steroid dienone is 7. The normalized spacial score (nSPS) is 13.5. The summed E-state index contributed by atoms with van der Waals surface area (Å²) in [5.41, 5.74) is 0. The highest BCUT2D eigenvalue weighted by Gasteiger charge is 2.17. The van der Waals surface area contributed by atoms with Gasteiger partial charge < -0.3 is 15.5 Å². The van der Waals surface area contributed by atoms with Crippen molar-refractivity contribution in [2.24, 2.45) is 0 Å². The number of carbonyl (C=O) groups excluding carboxylic acids is 1. The molecule has 0 aliphatic rings. The highest BCUT2D eigenvalue weighted by Crippen LogP contribution is 2.13. The second kappa shape index (κ2) is 39.8. The van der Waals surface area contributed by atoms with E-state index >= 15 is 0 Å². The van der Waals surface area contributed by atoms with E-state index in [9.17, 15) is 15.0 Å². The van der Waals surface area contributed by atoms with E-state index in [-0.39, 0.29) is 12.5 Å². The molecule has 2 atom stereocenters. The van der Waals surface area contributed by atoms with Crippen LogP contribution in [0, 0.1) is 0 Å². The Morgan fingerprint density at radius 3 is 1.33 bits per heavy atom. The Morgan fingerprint density at radius 2 is 0.875 bits per heavy atom. The minimum Gasteiger partial charge on any atom is -0.394 e. The quantitative estimate of drug-likeness (QED) is 0.0455. The third kappa shape index (κ3) is 35.7. The lowest BCUT2D eigenvalue weighted by atomic mass is 10.1. The smallest absolute Gasteiger partial charge is 0.220 e. The maximum absolute atomic E-state index is 12.3. The van der Waals surface area contributed by atoms with Crippen LogP contribution in [0.5, 0.6) is 0 Å². The van der Waals surface area contributed by atoms with Crippen LogP contribution in [0.4, 0.5) is 0 Å². The first kappa shape index (κ1) is 46.4. The van der Waals surface area contributed by atoms with Gasteiger partial charge in [-0.25, -0.2) is 0 Å². The predicted octanol–water partition coefficient (Wildman–Crippen LogP) is 12.8. The van der Waals surface area contributed by atoms with Crippen LogP contribution in [0.25, 0.3) is 0 Å². The summed E-state index contributed by atoms with van der Waals surface area (Å²) >= 11 is 0. The van der Waals surface area contributed by atoms with E-state index in [1.807, 2.05) is 6.08 Å². The number of hydrogen-bond acceptors (Lipinski definition) is 3. The molecule has 0 aliphatic carbocycles. The Morgan fingerprint density at radius 1 is 0.500 bits per heavy atom. The average molecular weight is 672 g/mol.